The van der Waals surface area contributed by atoms with Gasteiger partial charge in [-0.05, 0) is 70.6 Å². The lowest BCUT2D eigenvalue weighted by Gasteiger charge is -2.29. The molecule has 0 aliphatic carbocycles. The highest BCUT2D eigenvalue weighted by atomic mass is 31.2. The van der Waals surface area contributed by atoms with Crippen molar-refractivity contribution in [3.8, 4) is 0 Å². The molecular weight excluding hydrogens is 1150 g/mol. The van der Waals surface area contributed by atoms with E-state index >= 15 is 0 Å². The van der Waals surface area contributed by atoms with Gasteiger partial charge in [-0.1, -0.05) is 396 Å². The highest BCUT2D eigenvalue weighted by molar-refractivity contribution is 7.45. The molecule has 3 atom stereocenters. The number of phosphoric acid groups is 1. The Balaban J connectivity index is 3.94. The number of rotatable bonds is 77. The summed E-state index contributed by atoms with van der Waals surface area (Å²) in [5.74, 6) is -0.203. The van der Waals surface area contributed by atoms with Crippen molar-refractivity contribution in [3.05, 3.63) is 48.6 Å². The van der Waals surface area contributed by atoms with Crippen LogP contribution in [-0.4, -0.2) is 68.5 Å². The molecule has 0 radical (unpaired) electrons. The molecule has 8 nitrogen and oxygen atoms in total. The quantitative estimate of drug-likeness (QED) is 0.0272. The fraction of sp³-hybridized carbons (Fsp3) is 0.892. The Labute approximate surface area is 575 Å². The summed E-state index contributed by atoms with van der Waals surface area (Å²) < 4.78 is 23.5. The first-order chi connectivity index (χ1) is 45.0. The van der Waals surface area contributed by atoms with Crippen LogP contribution in [0.1, 0.15) is 425 Å². The number of carbonyl (C=O) groups excluding carboxylic acids is 1. The second-order valence-corrected chi connectivity index (χ2v) is 30.9. The molecule has 0 saturated heterocycles. The largest absolute Gasteiger partial charge is 0.756 e. The molecular formula is C83H161N2O6P. The normalized spacial score (nSPS) is 13.7. The average Bonchev–Trinajstić information content (AvgIpc) is 2.63. The number of aliphatic hydroxyl groups is 1. The third kappa shape index (κ3) is 75.8. The number of unbranched alkanes of at least 4 members (excludes halogenated alkanes) is 58. The van der Waals surface area contributed by atoms with Crippen molar-refractivity contribution in [2.24, 2.45) is 0 Å². The lowest BCUT2D eigenvalue weighted by Crippen LogP contribution is -2.45. The SMILES string of the molecule is CCCCCCCCCC/C=C\CCCCCCCCCCCCCCCCCCCCCCCCCCCCCCCC(=O)NC(COP(=O)([O-])OCC[N+](C)(C)C)C(O)/C=C/CC/C=C/CC/C=C/CCCCCCCCCCCCCCCCCCCCC. The minimum absolute atomic E-state index is 0.00753. The summed E-state index contributed by atoms with van der Waals surface area (Å²) in [4.78, 5) is 25.7. The summed E-state index contributed by atoms with van der Waals surface area (Å²) in [7, 11) is 1.25. The van der Waals surface area contributed by atoms with Gasteiger partial charge >= 0.3 is 0 Å². The van der Waals surface area contributed by atoms with Gasteiger partial charge in [-0.3, -0.25) is 9.36 Å². The van der Waals surface area contributed by atoms with Gasteiger partial charge in [0.1, 0.15) is 13.2 Å². The number of nitrogens with one attached hydrogen (secondary N) is 1. The van der Waals surface area contributed by atoms with Gasteiger partial charge in [0.15, 0.2) is 0 Å². The highest BCUT2D eigenvalue weighted by Crippen LogP contribution is 2.38. The zero-order chi connectivity index (χ0) is 66.9. The number of carbonyl (C=O) groups is 1. The first-order valence-electron chi connectivity index (χ1n) is 41.0. The Hall–Kier alpha value is -1.54. The van der Waals surface area contributed by atoms with E-state index in [-0.39, 0.29) is 12.5 Å². The topological polar surface area (TPSA) is 108 Å². The van der Waals surface area contributed by atoms with Crippen molar-refractivity contribution >= 4 is 13.7 Å². The summed E-state index contributed by atoms with van der Waals surface area (Å²) in [6, 6.07) is -0.911. The van der Waals surface area contributed by atoms with Crippen LogP contribution in [0.3, 0.4) is 0 Å². The molecule has 0 fully saturated rings. The summed E-state index contributed by atoms with van der Waals surface area (Å²) in [5.41, 5.74) is 0. The Bertz CT molecular complexity index is 1640. The maximum absolute atomic E-state index is 13.1. The van der Waals surface area contributed by atoms with E-state index in [1.54, 1.807) is 6.08 Å². The van der Waals surface area contributed by atoms with Crippen molar-refractivity contribution < 1.29 is 32.9 Å². The van der Waals surface area contributed by atoms with E-state index in [2.05, 4.69) is 55.6 Å². The molecule has 0 saturated carbocycles. The number of likely N-dealkylation sites (N-methyl/N-ethyl adjacent to an activating group) is 1. The van der Waals surface area contributed by atoms with Crippen LogP contribution in [0, 0.1) is 0 Å². The number of hydrogen-bond donors (Lipinski definition) is 2. The van der Waals surface area contributed by atoms with Crippen molar-refractivity contribution in [2.75, 3.05) is 40.9 Å². The highest BCUT2D eigenvalue weighted by Gasteiger charge is 2.23. The Morgan fingerprint density at radius 3 is 0.880 bits per heavy atom. The molecule has 1 amide bonds. The first-order valence-corrected chi connectivity index (χ1v) is 42.5. The van der Waals surface area contributed by atoms with E-state index in [4.69, 9.17) is 9.05 Å². The maximum atomic E-state index is 13.1. The molecule has 544 valence electrons. The summed E-state index contributed by atoms with van der Waals surface area (Å²) >= 11 is 0. The number of amides is 1. The van der Waals surface area contributed by atoms with Crippen LogP contribution in [-0.2, 0) is 18.4 Å². The van der Waals surface area contributed by atoms with Crippen LogP contribution in [0.15, 0.2) is 48.6 Å². The minimum Gasteiger partial charge on any atom is -0.756 e. The smallest absolute Gasteiger partial charge is 0.268 e. The molecule has 0 heterocycles. The molecule has 2 N–H and O–H groups in total. The minimum atomic E-state index is -4.62. The molecule has 3 unspecified atom stereocenters. The molecule has 0 spiro atoms. The van der Waals surface area contributed by atoms with E-state index in [0.717, 1.165) is 44.9 Å². The lowest BCUT2D eigenvalue weighted by molar-refractivity contribution is -0.870. The maximum Gasteiger partial charge on any atom is 0.268 e. The molecule has 0 aliphatic rings. The monoisotopic (exact) mass is 1310 g/mol. The zero-order valence-electron chi connectivity index (χ0n) is 62.5. The Morgan fingerprint density at radius 1 is 0.370 bits per heavy atom. The second kappa shape index (κ2) is 73.7. The van der Waals surface area contributed by atoms with Crippen LogP contribution < -0.4 is 10.2 Å². The van der Waals surface area contributed by atoms with Crippen LogP contribution in [0.4, 0.5) is 0 Å². The molecule has 0 bridgehead atoms. The van der Waals surface area contributed by atoms with Crippen molar-refractivity contribution in [3.63, 3.8) is 0 Å². The van der Waals surface area contributed by atoms with Gasteiger partial charge in [-0.2, -0.15) is 0 Å². The van der Waals surface area contributed by atoms with Gasteiger partial charge in [0.05, 0.1) is 39.9 Å². The van der Waals surface area contributed by atoms with E-state index in [9.17, 15) is 19.4 Å². The van der Waals surface area contributed by atoms with Crippen molar-refractivity contribution in [2.45, 2.75) is 437 Å². The molecule has 0 aliphatic heterocycles. The van der Waals surface area contributed by atoms with Gasteiger partial charge in [0.2, 0.25) is 5.91 Å². The lowest BCUT2D eigenvalue weighted by atomic mass is 10.0. The predicted molar refractivity (Wildman–Crippen MR) is 404 cm³/mol. The van der Waals surface area contributed by atoms with Gasteiger partial charge in [-0.25, -0.2) is 0 Å². The molecule has 9 heteroatoms. The molecule has 92 heavy (non-hydrogen) atoms. The van der Waals surface area contributed by atoms with Gasteiger partial charge in [-0.15, -0.1) is 0 Å². The second-order valence-electron chi connectivity index (χ2n) is 29.5. The van der Waals surface area contributed by atoms with E-state index in [1.807, 2.05) is 27.2 Å². The van der Waals surface area contributed by atoms with Crippen LogP contribution in [0.2, 0.25) is 0 Å². The van der Waals surface area contributed by atoms with Crippen LogP contribution >= 0.6 is 7.82 Å². The summed E-state index contributed by atoms with van der Waals surface area (Å²) in [5, 5.41) is 14.0. The Kier molecular flexibility index (Phi) is 72.5. The summed E-state index contributed by atoms with van der Waals surface area (Å²) in [6.45, 7) is 4.68. The van der Waals surface area contributed by atoms with Gasteiger partial charge in [0, 0.05) is 6.42 Å². The van der Waals surface area contributed by atoms with Crippen LogP contribution in [0.5, 0.6) is 0 Å². The fourth-order valence-corrected chi connectivity index (χ4v) is 13.4. The Morgan fingerprint density at radius 2 is 0.609 bits per heavy atom. The number of hydrogen-bond acceptors (Lipinski definition) is 6. The van der Waals surface area contributed by atoms with E-state index < -0.39 is 26.6 Å². The number of quaternary nitrogens is 1. The zero-order valence-corrected chi connectivity index (χ0v) is 63.4. The molecule has 0 aromatic heterocycles. The fourth-order valence-electron chi connectivity index (χ4n) is 12.7. The predicted octanol–water partition coefficient (Wildman–Crippen LogP) is 26.3. The molecule has 0 rings (SSSR count). The van der Waals surface area contributed by atoms with E-state index in [0.29, 0.717) is 17.4 Å². The van der Waals surface area contributed by atoms with Crippen molar-refractivity contribution in [1.29, 1.82) is 0 Å². The van der Waals surface area contributed by atoms with Gasteiger partial charge < -0.3 is 28.8 Å². The third-order valence-electron chi connectivity index (χ3n) is 19.0. The standard InChI is InChI=1S/C83H161N2O6P/c1-6-8-10-12-14-16-18-20-22-24-26-28-30-32-34-36-37-38-39-40-41-42-43-44-45-46-47-49-51-53-55-57-59-61-63-65-67-69-71-73-75-77-83(87)84-81(80-91-92(88,89)90-79-78-85(3,4)5)82(86)76-74-72-70-68-66-64-62-60-58-56-54-52-50-48-35-33-31-29-27-25-23-21-19-17-15-13-11-9-7-2/h24,26,58,60,66,68,74,76,81-82,86H,6-23,25,27-57,59,61-65,67,69-73,75,77-80H2,1-5H3,(H-,84,87,88,89)/b26-24-,60-58+,68-66+,76-74+. The number of nitrogens with zero attached hydrogens (tertiary/aromatic N) is 1. The third-order valence-corrected chi connectivity index (χ3v) is 20.0. The van der Waals surface area contributed by atoms with Crippen LogP contribution in [0.25, 0.3) is 0 Å². The number of phosphoric ester groups is 1. The summed E-state index contributed by atoms with van der Waals surface area (Å²) in [6.07, 6.45) is 102. The first kappa shape index (κ1) is 90.5. The average molecular weight is 1310 g/mol. The number of allylic oxidation sites excluding steroid dienone is 7. The molecule has 0 aromatic rings. The van der Waals surface area contributed by atoms with Crippen molar-refractivity contribution in [1.82, 2.24) is 5.32 Å². The molecule has 0 aromatic carbocycles. The van der Waals surface area contributed by atoms with Gasteiger partial charge in [0.25, 0.3) is 7.82 Å². The number of aliphatic hydroxyl groups excluding tert-OH is 1. The van der Waals surface area contributed by atoms with E-state index in [1.165, 1.54) is 360 Å².